The molecule has 2 unspecified atom stereocenters. The van der Waals surface area contributed by atoms with Crippen molar-refractivity contribution in [2.45, 2.75) is 45.6 Å². The lowest BCUT2D eigenvalue weighted by Crippen LogP contribution is -2.57. The Bertz CT molecular complexity index is 447. The number of aliphatic hydroxyl groups excluding tert-OH is 1. The molecule has 1 aliphatic carbocycles. The molecule has 0 bridgehead atoms. The summed E-state index contributed by atoms with van der Waals surface area (Å²) in [6, 6.07) is 0. The standard InChI is InChI=1S/C13H21N3O2S/c1-9-4-12(2,3)7-13(5-9,8-17)14-11(18)10-6-19-16-15-10/h6,9,17H,4-5,7-8H2,1-3H3,(H,14,18). The molecule has 0 aromatic carbocycles. The molecule has 106 valence electrons. The minimum absolute atomic E-state index is 0.0376. The van der Waals surface area contributed by atoms with E-state index in [2.05, 4.69) is 35.7 Å². The third-order valence-electron chi connectivity index (χ3n) is 3.73. The second-order valence-corrected chi connectivity index (χ2v) is 7.15. The summed E-state index contributed by atoms with van der Waals surface area (Å²) in [4.78, 5) is 12.1. The largest absolute Gasteiger partial charge is 0.394 e. The van der Waals surface area contributed by atoms with Crippen molar-refractivity contribution in [3.63, 3.8) is 0 Å². The van der Waals surface area contributed by atoms with Crippen LogP contribution in [0.4, 0.5) is 0 Å². The molecule has 0 radical (unpaired) electrons. The van der Waals surface area contributed by atoms with Crippen LogP contribution in [0.5, 0.6) is 0 Å². The van der Waals surface area contributed by atoms with Crippen LogP contribution >= 0.6 is 11.5 Å². The molecule has 1 fully saturated rings. The highest BCUT2D eigenvalue weighted by Crippen LogP contribution is 2.43. The van der Waals surface area contributed by atoms with Gasteiger partial charge in [0.05, 0.1) is 12.1 Å². The van der Waals surface area contributed by atoms with E-state index in [-0.39, 0.29) is 17.9 Å². The van der Waals surface area contributed by atoms with Gasteiger partial charge in [-0.25, -0.2) is 0 Å². The van der Waals surface area contributed by atoms with Crippen LogP contribution in [-0.4, -0.2) is 32.7 Å². The molecule has 1 amide bonds. The van der Waals surface area contributed by atoms with Crippen LogP contribution in [0.15, 0.2) is 5.38 Å². The molecule has 0 spiro atoms. The monoisotopic (exact) mass is 283 g/mol. The van der Waals surface area contributed by atoms with Gasteiger partial charge in [-0.1, -0.05) is 25.3 Å². The zero-order valence-electron chi connectivity index (χ0n) is 11.6. The Kier molecular flexibility index (Phi) is 3.92. The van der Waals surface area contributed by atoms with Crippen molar-refractivity contribution in [2.75, 3.05) is 6.61 Å². The van der Waals surface area contributed by atoms with Crippen LogP contribution in [0, 0.1) is 11.3 Å². The minimum Gasteiger partial charge on any atom is -0.394 e. The maximum Gasteiger partial charge on any atom is 0.273 e. The summed E-state index contributed by atoms with van der Waals surface area (Å²) >= 11 is 1.15. The average molecular weight is 283 g/mol. The van der Waals surface area contributed by atoms with E-state index in [0.717, 1.165) is 30.8 Å². The molecule has 2 rings (SSSR count). The molecular formula is C13H21N3O2S. The second kappa shape index (κ2) is 5.17. The topological polar surface area (TPSA) is 75.1 Å². The Hall–Kier alpha value is -1.01. The van der Waals surface area contributed by atoms with Crippen LogP contribution in [0.3, 0.4) is 0 Å². The predicted octanol–water partition coefficient (Wildman–Crippen LogP) is 1.85. The summed E-state index contributed by atoms with van der Waals surface area (Å²) in [7, 11) is 0. The molecule has 5 nitrogen and oxygen atoms in total. The summed E-state index contributed by atoms with van der Waals surface area (Å²) in [5.74, 6) is 0.234. The second-order valence-electron chi connectivity index (χ2n) is 6.54. The Morgan fingerprint density at radius 3 is 2.84 bits per heavy atom. The van der Waals surface area contributed by atoms with Gasteiger partial charge in [-0.3, -0.25) is 4.79 Å². The van der Waals surface area contributed by atoms with Gasteiger partial charge in [0.2, 0.25) is 0 Å². The summed E-state index contributed by atoms with van der Waals surface area (Å²) in [6.45, 7) is 6.50. The summed E-state index contributed by atoms with van der Waals surface area (Å²) < 4.78 is 3.70. The molecule has 1 heterocycles. The first-order chi connectivity index (χ1) is 8.86. The van der Waals surface area contributed by atoms with E-state index in [0.29, 0.717) is 11.6 Å². The fraction of sp³-hybridized carbons (Fsp3) is 0.769. The zero-order chi connectivity index (χ0) is 14.1. The first kappa shape index (κ1) is 14.4. The van der Waals surface area contributed by atoms with Crippen molar-refractivity contribution in [3.05, 3.63) is 11.1 Å². The van der Waals surface area contributed by atoms with Crippen LogP contribution in [-0.2, 0) is 0 Å². The number of hydrogen-bond acceptors (Lipinski definition) is 5. The fourth-order valence-electron chi connectivity index (χ4n) is 3.57. The highest BCUT2D eigenvalue weighted by atomic mass is 32.1. The van der Waals surface area contributed by atoms with Crippen LogP contribution in [0.2, 0.25) is 0 Å². The number of amides is 1. The number of rotatable bonds is 3. The highest BCUT2D eigenvalue weighted by molar-refractivity contribution is 7.03. The first-order valence-corrected chi connectivity index (χ1v) is 7.40. The molecule has 2 N–H and O–H groups in total. The number of nitrogens with one attached hydrogen (secondary N) is 1. The van der Waals surface area contributed by atoms with Gasteiger partial charge in [-0.15, -0.1) is 5.10 Å². The molecular weight excluding hydrogens is 262 g/mol. The van der Waals surface area contributed by atoms with Crippen molar-refractivity contribution >= 4 is 17.4 Å². The van der Waals surface area contributed by atoms with Gasteiger partial charge >= 0.3 is 0 Å². The number of carbonyl (C=O) groups excluding carboxylic acids is 1. The lowest BCUT2D eigenvalue weighted by atomic mass is 9.64. The summed E-state index contributed by atoms with van der Waals surface area (Å²) in [5.41, 5.74) is -0.0931. The molecule has 1 saturated carbocycles. The Balaban J connectivity index is 2.16. The summed E-state index contributed by atoms with van der Waals surface area (Å²) in [5, 5.41) is 18.2. The molecule has 0 saturated heterocycles. The Labute approximate surface area is 117 Å². The molecule has 2 atom stereocenters. The van der Waals surface area contributed by atoms with E-state index in [1.54, 1.807) is 5.38 Å². The van der Waals surface area contributed by atoms with Crippen molar-refractivity contribution in [2.24, 2.45) is 11.3 Å². The van der Waals surface area contributed by atoms with Gasteiger partial charge in [0.15, 0.2) is 5.69 Å². The van der Waals surface area contributed by atoms with Crippen molar-refractivity contribution in [1.82, 2.24) is 14.9 Å². The molecule has 0 aliphatic heterocycles. The molecule has 1 aromatic rings. The van der Waals surface area contributed by atoms with Crippen molar-refractivity contribution in [1.29, 1.82) is 0 Å². The average Bonchev–Trinajstić information content (AvgIpc) is 2.79. The zero-order valence-corrected chi connectivity index (χ0v) is 12.5. The first-order valence-electron chi connectivity index (χ1n) is 6.56. The number of hydrogen-bond donors (Lipinski definition) is 2. The number of aliphatic hydroxyl groups is 1. The molecule has 6 heteroatoms. The molecule has 1 aliphatic rings. The van der Waals surface area contributed by atoms with Gasteiger partial charge in [0.1, 0.15) is 0 Å². The van der Waals surface area contributed by atoms with Crippen molar-refractivity contribution < 1.29 is 9.90 Å². The van der Waals surface area contributed by atoms with Crippen LogP contribution < -0.4 is 5.32 Å². The maximum atomic E-state index is 12.1. The normalized spacial score (nSPS) is 30.0. The van der Waals surface area contributed by atoms with Gasteiger partial charge in [0.25, 0.3) is 5.91 Å². The highest BCUT2D eigenvalue weighted by Gasteiger charge is 2.43. The van der Waals surface area contributed by atoms with E-state index in [9.17, 15) is 9.90 Å². The smallest absolute Gasteiger partial charge is 0.273 e. The number of carbonyl (C=O) groups is 1. The van der Waals surface area contributed by atoms with E-state index in [4.69, 9.17) is 0 Å². The number of nitrogens with zero attached hydrogens (tertiary/aromatic N) is 2. The van der Waals surface area contributed by atoms with Gasteiger partial charge in [-0.05, 0) is 42.1 Å². The Morgan fingerprint density at radius 2 is 2.32 bits per heavy atom. The van der Waals surface area contributed by atoms with Crippen LogP contribution in [0.1, 0.15) is 50.5 Å². The van der Waals surface area contributed by atoms with Crippen molar-refractivity contribution in [3.8, 4) is 0 Å². The van der Waals surface area contributed by atoms with E-state index in [1.165, 1.54) is 0 Å². The lowest BCUT2D eigenvalue weighted by Gasteiger charge is -2.47. The SMILES string of the molecule is CC1CC(C)(C)CC(CO)(NC(=O)c2csnn2)C1. The lowest BCUT2D eigenvalue weighted by molar-refractivity contribution is 0.0332. The number of aromatic nitrogens is 2. The minimum atomic E-state index is -0.540. The molecule has 19 heavy (non-hydrogen) atoms. The fourth-order valence-corrected chi connectivity index (χ4v) is 4.00. The van der Waals surface area contributed by atoms with E-state index in [1.807, 2.05) is 0 Å². The Morgan fingerprint density at radius 1 is 1.58 bits per heavy atom. The van der Waals surface area contributed by atoms with Gasteiger partial charge < -0.3 is 10.4 Å². The van der Waals surface area contributed by atoms with Crippen LogP contribution in [0.25, 0.3) is 0 Å². The van der Waals surface area contributed by atoms with Gasteiger partial charge in [0, 0.05) is 5.38 Å². The molecule has 1 aromatic heterocycles. The van der Waals surface area contributed by atoms with E-state index >= 15 is 0 Å². The van der Waals surface area contributed by atoms with Gasteiger partial charge in [-0.2, -0.15) is 0 Å². The predicted molar refractivity (Wildman–Crippen MR) is 74.0 cm³/mol. The quantitative estimate of drug-likeness (QED) is 0.887. The van der Waals surface area contributed by atoms with E-state index < -0.39 is 5.54 Å². The maximum absolute atomic E-state index is 12.1. The summed E-state index contributed by atoms with van der Waals surface area (Å²) in [6.07, 6.45) is 2.70. The third kappa shape index (κ3) is 3.30. The third-order valence-corrected chi connectivity index (χ3v) is 4.24.